The molecule has 1 aliphatic rings. The van der Waals surface area contributed by atoms with Crippen LogP contribution in [0.25, 0.3) is 10.8 Å². The van der Waals surface area contributed by atoms with Crippen molar-refractivity contribution in [2.75, 3.05) is 11.9 Å². The Balaban J connectivity index is 1.56. The third-order valence-electron chi connectivity index (χ3n) is 5.08. The van der Waals surface area contributed by atoms with Crippen molar-refractivity contribution in [2.45, 2.75) is 12.5 Å². The topological polar surface area (TPSA) is 98.7 Å². The Morgan fingerprint density at radius 1 is 1.03 bits per heavy atom. The molecule has 3 N–H and O–H groups in total. The number of hydrogen-bond donors (Lipinski definition) is 3. The van der Waals surface area contributed by atoms with Crippen molar-refractivity contribution in [3.05, 3.63) is 72.3 Å². The van der Waals surface area contributed by atoms with Crippen LogP contribution in [0.2, 0.25) is 0 Å². The maximum atomic E-state index is 13.0. The second kappa shape index (κ2) is 6.94. The van der Waals surface area contributed by atoms with Crippen LogP contribution in [0.15, 0.2) is 66.7 Å². The fourth-order valence-corrected chi connectivity index (χ4v) is 3.45. The Bertz CT molecular complexity index is 1140. The fourth-order valence-electron chi connectivity index (χ4n) is 3.45. The van der Waals surface area contributed by atoms with Crippen LogP contribution in [0, 0.1) is 0 Å². The number of aromatic hydroxyl groups is 1. The number of amides is 4. The zero-order chi connectivity index (χ0) is 20.6. The van der Waals surface area contributed by atoms with Gasteiger partial charge in [-0.1, -0.05) is 48.5 Å². The van der Waals surface area contributed by atoms with Crippen molar-refractivity contribution < 1.29 is 19.5 Å². The molecule has 1 saturated heterocycles. The van der Waals surface area contributed by atoms with E-state index in [9.17, 15) is 19.5 Å². The van der Waals surface area contributed by atoms with Crippen LogP contribution < -0.4 is 10.6 Å². The van der Waals surface area contributed by atoms with E-state index in [1.165, 1.54) is 12.1 Å². The molecule has 4 amide bonds. The smallest absolute Gasteiger partial charge is 0.325 e. The van der Waals surface area contributed by atoms with E-state index in [1.807, 2.05) is 36.4 Å². The van der Waals surface area contributed by atoms with Gasteiger partial charge in [0.05, 0.1) is 5.69 Å². The number of rotatable bonds is 4. The first-order valence-electron chi connectivity index (χ1n) is 9.10. The summed E-state index contributed by atoms with van der Waals surface area (Å²) in [7, 11) is 0. The molecule has 0 spiro atoms. The summed E-state index contributed by atoms with van der Waals surface area (Å²) in [6, 6.07) is 18.9. The largest absolute Gasteiger partial charge is 0.506 e. The third kappa shape index (κ3) is 3.27. The van der Waals surface area contributed by atoms with Gasteiger partial charge < -0.3 is 15.7 Å². The summed E-state index contributed by atoms with van der Waals surface area (Å²) >= 11 is 0. The minimum absolute atomic E-state index is 0.0981. The van der Waals surface area contributed by atoms with E-state index in [0.717, 1.165) is 15.7 Å². The molecule has 0 aliphatic carbocycles. The SMILES string of the molecule is CC1(c2ccc3ccccc3c2)NC(=O)N(CC(=O)Nc2ccccc2O)C1=O. The lowest BCUT2D eigenvalue weighted by atomic mass is 9.90. The molecule has 3 aromatic carbocycles. The molecule has 146 valence electrons. The summed E-state index contributed by atoms with van der Waals surface area (Å²) in [4.78, 5) is 38.7. The maximum absolute atomic E-state index is 13.0. The molecule has 4 rings (SSSR count). The Morgan fingerprint density at radius 2 is 1.72 bits per heavy atom. The van der Waals surface area contributed by atoms with E-state index in [0.29, 0.717) is 5.56 Å². The maximum Gasteiger partial charge on any atom is 0.325 e. The number of hydrogen-bond acceptors (Lipinski definition) is 4. The van der Waals surface area contributed by atoms with Gasteiger partial charge in [0.15, 0.2) is 0 Å². The molecule has 29 heavy (non-hydrogen) atoms. The van der Waals surface area contributed by atoms with E-state index < -0.39 is 29.9 Å². The van der Waals surface area contributed by atoms with E-state index in [-0.39, 0.29) is 11.4 Å². The van der Waals surface area contributed by atoms with E-state index in [1.54, 1.807) is 25.1 Å². The number of anilines is 1. The highest BCUT2D eigenvalue weighted by Crippen LogP contribution is 2.31. The Kier molecular flexibility index (Phi) is 4.43. The first-order valence-corrected chi connectivity index (χ1v) is 9.10. The molecule has 1 heterocycles. The average molecular weight is 389 g/mol. The summed E-state index contributed by atoms with van der Waals surface area (Å²) in [5, 5.41) is 16.9. The number of carbonyl (C=O) groups is 3. The van der Waals surface area contributed by atoms with Gasteiger partial charge in [0.2, 0.25) is 5.91 Å². The van der Waals surface area contributed by atoms with Crippen LogP contribution >= 0.6 is 0 Å². The molecular weight excluding hydrogens is 370 g/mol. The minimum Gasteiger partial charge on any atom is -0.506 e. The van der Waals surface area contributed by atoms with Gasteiger partial charge in [-0.15, -0.1) is 0 Å². The van der Waals surface area contributed by atoms with Gasteiger partial charge >= 0.3 is 6.03 Å². The van der Waals surface area contributed by atoms with Crippen LogP contribution in [0.5, 0.6) is 5.75 Å². The van der Waals surface area contributed by atoms with E-state index in [4.69, 9.17) is 0 Å². The lowest BCUT2D eigenvalue weighted by Crippen LogP contribution is -2.42. The first-order chi connectivity index (χ1) is 13.9. The third-order valence-corrected chi connectivity index (χ3v) is 5.08. The van der Waals surface area contributed by atoms with Gasteiger partial charge in [-0.05, 0) is 41.5 Å². The van der Waals surface area contributed by atoms with Crippen molar-refractivity contribution >= 4 is 34.3 Å². The monoisotopic (exact) mass is 389 g/mol. The normalized spacial score (nSPS) is 18.7. The predicted molar refractivity (Wildman–Crippen MR) is 108 cm³/mol. The van der Waals surface area contributed by atoms with E-state index >= 15 is 0 Å². The van der Waals surface area contributed by atoms with Crippen LogP contribution in [-0.2, 0) is 15.1 Å². The quantitative estimate of drug-likeness (QED) is 0.472. The van der Waals surface area contributed by atoms with Gasteiger partial charge in [-0.3, -0.25) is 14.5 Å². The molecule has 1 fully saturated rings. The number of imide groups is 1. The number of nitrogens with zero attached hydrogens (tertiary/aromatic N) is 1. The van der Waals surface area contributed by atoms with E-state index in [2.05, 4.69) is 10.6 Å². The number of fused-ring (bicyclic) bond motifs is 1. The van der Waals surface area contributed by atoms with Crippen LogP contribution in [0.1, 0.15) is 12.5 Å². The zero-order valence-electron chi connectivity index (χ0n) is 15.7. The number of para-hydroxylation sites is 2. The molecule has 1 aliphatic heterocycles. The molecule has 0 bridgehead atoms. The van der Waals surface area contributed by atoms with Crippen molar-refractivity contribution in [1.29, 1.82) is 0 Å². The summed E-state index contributed by atoms with van der Waals surface area (Å²) in [6.45, 7) is 1.17. The van der Waals surface area contributed by atoms with Gasteiger partial charge in [0, 0.05) is 0 Å². The average Bonchev–Trinajstić information content (AvgIpc) is 2.93. The molecule has 7 heteroatoms. The Hall–Kier alpha value is -3.87. The molecule has 7 nitrogen and oxygen atoms in total. The fraction of sp³-hybridized carbons (Fsp3) is 0.136. The second-order valence-corrected chi connectivity index (χ2v) is 7.07. The highest BCUT2D eigenvalue weighted by molar-refractivity contribution is 6.10. The number of carbonyl (C=O) groups excluding carboxylic acids is 3. The van der Waals surface area contributed by atoms with Crippen molar-refractivity contribution in [1.82, 2.24) is 10.2 Å². The highest BCUT2D eigenvalue weighted by Gasteiger charge is 2.49. The Labute approximate surface area is 166 Å². The molecular formula is C22H19N3O4. The van der Waals surface area contributed by atoms with Gasteiger partial charge in [-0.25, -0.2) is 4.79 Å². The molecule has 3 aromatic rings. The second-order valence-electron chi connectivity index (χ2n) is 7.07. The zero-order valence-corrected chi connectivity index (χ0v) is 15.7. The van der Waals surface area contributed by atoms with Crippen molar-refractivity contribution in [2.24, 2.45) is 0 Å². The summed E-state index contributed by atoms with van der Waals surface area (Å²) < 4.78 is 0. The minimum atomic E-state index is -1.27. The predicted octanol–water partition coefficient (Wildman–Crippen LogP) is 2.95. The van der Waals surface area contributed by atoms with Crippen LogP contribution in [0.3, 0.4) is 0 Å². The molecule has 0 radical (unpaired) electrons. The molecule has 1 unspecified atom stereocenters. The first kappa shape index (κ1) is 18.5. The van der Waals surface area contributed by atoms with Gasteiger partial charge in [0.1, 0.15) is 17.8 Å². The summed E-state index contributed by atoms with van der Waals surface area (Å²) in [5.41, 5.74) is -0.420. The number of phenolic OH excluding ortho intramolecular Hbond substituents is 1. The van der Waals surface area contributed by atoms with Crippen molar-refractivity contribution in [3.8, 4) is 5.75 Å². The number of urea groups is 1. The molecule has 1 atom stereocenters. The lowest BCUT2D eigenvalue weighted by molar-refractivity contribution is -0.133. The standard InChI is InChI=1S/C22H19N3O4/c1-22(16-11-10-14-6-2-3-7-15(14)12-16)20(28)25(21(29)24-22)13-19(27)23-17-8-4-5-9-18(17)26/h2-12,26H,13H2,1H3,(H,23,27)(H,24,29). The lowest BCUT2D eigenvalue weighted by Gasteiger charge is -2.22. The number of nitrogens with one attached hydrogen (secondary N) is 2. The summed E-state index contributed by atoms with van der Waals surface area (Å²) in [5.74, 6) is -1.19. The summed E-state index contributed by atoms with van der Waals surface area (Å²) in [6.07, 6.45) is 0. The van der Waals surface area contributed by atoms with Crippen LogP contribution in [0.4, 0.5) is 10.5 Å². The van der Waals surface area contributed by atoms with Gasteiger partial charge in [0.25, 0.3) is 5.91 Å². The van der Waals surface area contributed by atoms with Crippen molar-refractivity contribution in [3.63, 3.8) is 0 Å². The molecule has 0 saturated carbocycles. The number of benzene rings is 3. The van der Waals surface area contributed by atoms with Gasteiger partial charge in [-0.2, -0.15) is 0 Å². The highest BCUT2D eigenvalue weighted by atomic mass is 16.3. The van der Waals surface area contributed by atoms with Crippen LogP contribution in [-0.4, -0.2) is 34.4 Å². The molecule has 0 aromatic heterocycles. The Morgan fingerprint density at radius 3 is 2.48 bits per heavy atom. The number of phenols is 1.